The zero-order chi connectivity index (χ0) is 8.84. The molecule has 0 atom stereocenters. The molecule has 0 unspecified atom stereocenters. The fraction of sp³-hybridized carbons (Fsp3) is 0.286. The summed E-state index contributed by atoms with van der Waals surface area (Å²) in [7, 11) is 0. The molecule has 1 aliphatic rings. The van der Waals surface area contributed by atoms with E-state index in [0.717, 1.165) is 13.1 Å². The molecule has 0 saturated heterocycles. The number of nitrogens with zero attached hydrogens (tertiary/aromatic N) is 3. The summed E-state index contributed by atoms with van der Waals surface area (Å²) in [6.07, 6.45) is 1.51. The van der Waals surface area contributed by atoms with E-state index in [1.165, 1.54) is 6.33 Å². The lowest BCUT2D eigenvalue weighted by molar-refractivity contribution is 0.814. The Morgan fingerprint density at radius 2 is 2.46 bits per heavy atom. The molecular formula is C7H7N5O. The molecule has 0 radical (unpaired) electrons. The number of hydrogen-bond acceptors (Lipinski definition) is 4. The van der Waals surface area contributed by atoms with E-state index in [1.54, 1.807) is 0 Å². The van der Waals surface area contributed by atoms with Crippen LogP contribution in [0.1, 0.15) is 0 Å². The Hall–Kier alpha value is -1.85. The monoisotopic (exact) mass is 177 g/mol. The van der Waals surface area contributed by atoms with Crippen molar-refractivity contribution >= 4 is 17.1 Å². The van der Waals surface area contributed by atoms with E-state index in [4.69, 9.17) is 0 Å². The van der Waals surface area contributed by atoms with E-state index in [0.29, 0.717) is 17.1 Å². The highest BCUT2D eigenvalue weighted by molar-refractivity contribution is 5.71. The quantitative estimate of drug-likeness (QED) is 0.571. The summed E-state index contributed by atoms with van der Waals surface area (Å²) in [4.78, 5) is 22.1. The second-order valence-corrected chi connectivity index (χ2v) is 2.92. The maximum Gasteiger partial charge on any atom is 0.300 e. The molecule has 2 N–H and O–H groups in total. The van der Waals surface area contributed by atoms with Crippen molar-refractivity contribution in [1.82, 2.24) is 19.5 Å². The minimum Gasteiger partial charge on any atom is -0.354 e. The number of nitrogens with one attached hydrogen (secondary N) is 2. The number of rotatable bonds is 0. The zero-order valence-electron chi connectivity index (χ0n) is 6.74. The Morgan fingerprint density at radius 1 is 1.54 bits per heavy atom. The molecule has 3 rings (SSSR count). The molecule has 0 fully saturated rings. The van der Waals surface area contributed by atoms with E-state index in [2.05, 4.69) is 20.3 Å². The van der Waals surface area contributed by atoms with Gasteiger partial charge in [-0.25, -0.2) is 4.98 Å². The molecular weight excluding hydrogens is 170 g/mol. The van der Waals surface area contributed by atoms with E-state index in [1.807, 2.05) is 4.57 Å². The van der Waals surface area contributed by atoms with Crippen LogP contribution in [0.25, 0.3) is 11.2 Å². The lowest BCUT2D eigenvalue weighted by Crippen LogP contribution is -2.12. The minimum atomic E-state index is -0.256. The van der Waals surface area contributed by atoms with E-state index < -0.39 is 0 Å². The Morgan fingerprint density at radius 3 is 3.38 bits per heavy atom. The van der Waals surface area contributed by atoms with Gasteiger partial charge in [0.25, 0.3) is 0 Å². The summed E-state index contributed by atoms with van der Waals surface area (Å²) in [6.45, 7) is 1.61. The Labute approximate surface area is 72.6 Å². The van der Waals surface area contributed by atoms with Gasteiger partial charge in [-0.05, 0) is 0 Å². The molecule has 2 aromatic heterocycles. The van der Waals surface area contributed by atoms with Gasteiger partial charge in [-0.3, -0.25) is 9.36 Å². The maximum atomic E-state index is 11.4. The first kappa shape index (κ1) is 6.64. The predicted molar refractivity (Wildman–Crippen MR) is 46.6 cm³/mol. The molecule has 0 bridgehead atoms. The molecule has 0 aliphatic carbocycles. The normalized spacial score (nSPS) is 14.5. The molecule has 0 amide bonds. The third-order valence-corrected chi connectivity index (χ3v) is 2.17. The second kappa shape index (κ2) is 2.09. The van der Waals surface area contributed by atoms with Crippen LogP contribution in [-0.2, 0) is 6.54 Å². The lowest BCUT2D eigenvalue weighted by atomic mass is 10.5. The lowest BCUT2D eigenvalue weighted by Gasteiger charge is -2.00. The van der Waals surface area contributed by atoms with E-state index in [-0.39, 0.29) is 5.56 Å². The third-order valence-electron chi connectivity index (χ3n) is 2.17. The van der Waals surface area contributed by atoms with Crippen molar-refractivity contribution in [3.05, 3.63) is 16.7 Å². The molecule has 6 heteroatoms. The fourth-order valence-electron chi connectivity index (χ4n) is 1.59. The summed E-state index contributed by atoms with van der Waals surface area (Å²) in [5, 5.41) is 3.02. The summed E-state index contributed by atoms with van der Waals surface area (Å²) in [5.41, 5.74) is 0.903. The standard InChI is InChI=1S/C7H7N5O/c13-6-4-5(10-3-9-4)12-2-1-8-7(12)11-6/h3H,1-2H2,(H,9,10)(H,8,11,13). The molecule has 1 aliphatic heterocycles. The first-order valence-corrected chi connectivity index (χ1v) is 4.04. The molecule has 0 saturated carbocycles. The second-order valence-electron chi connectivity index (χ2n) is 2.92. The highest BCUT2D eigenvalue weighted by Crippen LogP contribution is 2.14. The highest BCUT2D eigenvalue weighted by atomic mass is 16.1. The van der Waals surface area contributed by atoms with Crippen molar-refractivity contribution < 1.29 is 0 Å². The average molecular weight is 177 g/mol. The number of imidazole rings is 1. The van der Waals surface area contributed by atoms with Crippen molar-refractivity contribution in [1.29, 1.82) is 0 Å². The molecule has 6 nitrogen and oxygen atoms in total. The number of hydrogen-bond donors (Lipinski definition) is 2. The van der Waals surface area contributed by atoms with Crippen LogP contribution >= 0.6 is 0 Å². The van der Waals surface area contributed by atoms with E-state index in [9.17, 15) is 4.79 Å². The summed E-state index contributed by atoms with van der Waals surface area (Å²) < 4.78 is 1.90. The summed E-state index contributed by atoms with van der Waals surface area (Å²) in [5.74, 6) is 0.615. The van der Waals surface area contributed by atoms with Gasteiger partial charge in [0.15, 0.2) is 11.2 Å². The van der Waals surface area contributed by atoms with Gasteiger partial charge in [0.1, 0.15) is 0 Å². The number of aromatic nitrogens is 4. The molecule has 13 heavy (non-hydrogen) atoms. The molecule has 0 spiro atoms. The molecule has 66 valence electrons. The average Bonchev–Trinajstić information content (AvgIpc) is 2.66. The Balaban J connectivity index is 2.55. The Bertz CT molecular complexity index is 525. The van der Waals surface area contributed by atoms with Gasteiger partial charge in [0.2, 0.25) is 5.95 Å². The zero-order valence-corrected chi connectivity index (χ0v) is 6.74. The highest BCUT2D eigenvalue weighted by Gasteiger charge is 2.16. The van der Waals surface area contributed by atoms with Crippen LogP contribution in [0.2, 0.25) is 0 Å². The first-order valence-electron chi connectivity index (χ1n) is 4.04. The van der Waals surface area contributed by atoms with Gasteiger partial charge in [-0.2, -0.15) is 4.98 Å². The largest absolute Gasteiger partial charge is 0.354 e. The van der Waals surface area contributed by atoms with Crippen molar-refractivity contribution in [2.45, 2.75) is 6.54 Å². The van der Waals surface area contributed by atoms with Gasteiger partial charge in [-0.15, -0.1) is 0 Å². The predicted octanol–water partition coefficient (Wildman–Crippen LogP) is -0.455. The van der Waals surface area contributed by atoms with Crippen LogP contribution in [-0.4, -0.2) is 26.1 Å². The summed E-state index contributed by atoms with van der Waals surface area (Å²) in [6, 6.07) is 0. The van der Waals surface area contributed by atoms with Crippen molar-refractivity contribution in [3.63, 3.8) is 0 Å². The number of anilines is 1. The van der Waals surface area contributed by atoms with Gasteiger partial charge in [-0.1, -0.05) is 0 Å². The smallest absolute Gasteiger partial charge is 0.300 e. The summed E-state index contributed by atoms with van der Waals surface area (Å²) >= 11 is 0. The van der Waals surface area contributed by atoms with Crippen molar-refractivity contribution in [2.75, 3.05) is 11.9 Å². The molecule has 0 aromatic carbocycles. The third kappa shape index (κ3) is 0.742. The van der Waals surface area contributed by atoms with Crippen LogP contribution in [0.15, 0.2) is 11.1 Å². The number of fused-ring (bicyclic) bond motifs is 3. The van der Waals surface area contributed by atoms with Crippen LogP contribution in [0.4, 0.5) is 5.95 Å². The van der Waals surface area contributed by atoms with Crippen LogP contribution in [0, 0.1) is 0 Å². The van der Waals surface area contributed by atoms with Crippen LogP contribution in [0.5, 0.6) is 0 Å². The van der Waals surface area contributed by atoms with Gasteiger partial charge >= 0.3 is 5.56 Å². The first-order chi connectivity index (χ1) is 6.36. The number of H-pyrrole nitrogens is 1. The maximum absolute atomic E-state index is 11.4. The Kier molecular flexibility index (Phi) is 1.07. The van der Waals surface area contributed by atoms with Gasteiger partial charge in [0.05, 0.1) is 6.33 Å². The van der Waals surface area contributed by atoms with E-state index >= 15 is 0 Å². The van der Waals surface area contributed by atoms with Gasteiger partial charge < -0.3 is 10.3 Å². The topological polar surface area (TPSA) is 75.6 Å². The molecule has 2 aromatic rings. The molecule has 3 heterocycles. The van der Waals surface area contributed by atoms with Crippen LogP contribution in [0.3, 0.4) is 0 Å². The number of aromatic amines is 1. The SMILES string of the molecule is O=c1nc2n(c3nc[nH]c13)CCN2. The van der Waals surface area contributed by atoms with Gasteiger partial charge in [0, 0.05) is 13.1 Å². The van der Waals surface area contributed by atoms with Crippen molar-refractivity contribution in [3.8, 4) is 0 Å². The minimum absolute atomic E-state index is 0.256. The van der Waals surface area contributed by atoms with Crippen LogP contribution < -0.4 is 10.9 Å². The van der Waals surface area contributed by atoms with Crippen molar-refractivity contribution in [2.24, 2.45) is 0 Å². The fourth-order valence-corrected chi connectivity index (χ4v) is 1.59.